The van der Waals surface area contributed by atoms with Crippen molar-refractivity contribution in [3.8, 4) is 22.5 Å². The highest BCUT2D eigenvalue weighted by Crippen LogP contribution is 2.37. The number of imidazole rings is 1. The van der Waals surface area contributed by atoms with E-state index in [1.165, 1.54) is 35.0 Å². The Morgan fingerprint density at radius 2 is 1.78 bits per heavy atom. The number of likely N-dealkylation sites (N-methyl/N-ethyl adjacent to an activating group) is 1. The molecule has 2 aromatic carbocycles. The number of fused-ring (bicyclic) bond motifs is 1. The van der Waals surface area contributed by atoms with Crippen LogP contribution in [0.5, 0.6) is 0 Å². The predicted octanol–water partition coefficient (Wildman–Crippen LogP) is 5.83. The quantitative estimate of drug-likeness (QED) is 0.260. The summed E-state index contributed by atoms with van der Waals surface area (Å²) in [6.45, 7) is 0.286. The van der Waals surface area contributed by atoms with Crippen LogP contribution in [0.1, 0.15) is 21.5 Å². The fourth-order valence-electron chi connectivity index (χ4n) is 4.43. The molecule has 0 unspecified atom stereocenters. The number of alkyl halides is 3. The van der Waals surface area contributed by atoms with E-state index in [0.29, 0.717) is 23.6 Å². The molecule has 0 atom stereocenters. The van der Waals surface area contributed by atoms with E-state index in [2.05, 4.69) is 10.4 Å². The van der Waals surface area contributed by atoms with Gasteiger partial charge in [-0.15, -0.1) is 0 Å². The normalized spacial score (nSPS) is 11.5. The number of hydrogen-bond acceptors (Lipinski definition) is 4. The van der Waals surface area contributed by atoms with Crippen LogP contribution in [-0.2, 0) is 19.6 Å². The lowest BCUT2D eigenvalue weighted by Crippen LogP contribution is -2.26. The summed E-state index contributed by atoms with van der Waals surface area (Å²) in [5.74, 6) is -0.285. The van der Waals surface area contributed by atoms with Gasteiger partial charge in [0.1, 0.15) is 17.2 Å². The number of nitrogens with zero attached hydrogens (tertiary/aromatic N) is 5. The molecule has 41 heavy (non-hydrogen) atoms. The van der Waals surface area contributed by atoms with Crippen LogP contribution in [0.3, 0.4) is 0 Å². The molecule has 5 aromatic rings. The van der Waals surface area contributed by atoms with Gasteiger partial charge in [-0.25, -0.2) is 9.78 Å². The van der Waals surface area contributed by atoms with E-state index in [1.807, 2.05) is 30.3 Å². The van der Waals surface area contributed by atoms with Gasteiger partial charge in [-0.3, -0.25) is 13.9 Å². The van der Waals surface area contributed by atoms with E-state index < -0.39 is 23.7 Å². The molecule has 2 amide bonds. The first-order chi connectivity index (χ1) is 19.5. The van der Waals surface area contributed by atoms with Gasteiger partial charge in [0.15, 0.2) is 0 Å². The van der Waals surface area contributed by atoms with Crippen LogP contribution in [0.15, 0.2) is 79.1 Å². The number of amides is 2. The summed E-state index contributed by atoms with van der Waals surface area (Å²) in [6, 6.07) is 17.4. The third-order valence-corrected chi connectivity index (χ3v) is 6.61. The molecule has 0 aliphatic heterocycles. The maximum atomic E-state index is 13.8. The summed E-state index contributed by atoms with van der Waals surface area (Å²) in [4.78, 5) is 30.5. The average Bonchev–Trinajstić information content (AvgIpc) is 3.54. The van der Waals surface area contributed by atoms with E-state index in [4.69, 9.17) is 10.1 Å². The van der Waals surface area contributed by atoms with E-state index in [-0.39, 0.29) is 23.4 Å². The van der Waals surface area contributed by atoms with E-state index in [9.17, 15) is 22.8 Å². The number of aryl methyl sites for hydroxylation is 1. The third kappa shape index (κ3) is 5.76. The largest absolute Gasteiger partial charge is 0.465 e. The molecule has 3 aromatic heterocycles. The Hall–Kier alpha value is -5.13. The number of benzene rings is 2. The van der Waals surface area contributed by atoms with Crippen LogP contribution in [0.2, 0.25) is 0 Å². The van der Waals surface area contributed by atoms with E-state index in [0.717, 1.165) is 23.3 Å². The van der Waals surface area contributed by atoms with E-state index in [1.54, 1.807) is 29.8 Å². The second-order valence-electron chi connectivity index (χ2n) is 9.48. The van der Waals surface area contributed by atoms with Gasteiger partial charge in [0.05, 0.1) is 11.3 Å². The zero-order chi connectivity index (χ0) is 29.3. The van der Waals surface area contributed by atoms with Crippen molar-refractivity contribution >= 4 is 23.5 Å². The van der Waals surface area contributed by atoms with Crippen LogP contribution < -0.4 is 5.32 Å². The first kappa shape index (κ1) is 27.4. The summed E-state index contributed by atoms with van der Waals surface area (Å²) in [6.07, 6.45) is -1.97. The molecule has 0 bridgehead atoms. The lowest BCUT2D eigenvalue weighted by Gasteiger charge is -2.14. The Bertz CT molecular complexity index is 1740. The number of aromatic nitrogens is 4. The summed E-state index contributed by atoms with van der Waals surface area (Å²) >= 11 is 0. The maximum absolute atomic E-state index is 13.8. The number of rotatable bonds is 7. The molecule has 9 nitrogen and oxygen atoms in total. The number of nitrogens with one attached hydrogen (secondary N) is 1. The molecular weight excluding hydrogens is 537 g/mol. The summed E-state index contributed by atoms with van der Waals surface area (Å²) < 4.78 is 44.4. The Balaban J connectivity index is 1.53. The Labute approximate surface area is 232 Å². The number of carboxylic acid groups (broad SMARTS) is 1. The topological polar surface area (TPSA) is 105 Å². The predicted molar refractivity (Wildman–Crippen MR) is 147 cm³/mol. The minimum absolute atomic E-state index is 0.0148. The Morgan fingerprint density at radius 1 is 1.02 bits per heavy atom. The monoisotopic (exact) mass is 562 g/mol. The number of carbonyl (C=O) groups excluding carboxylic acids is 1. The van der Waals surface area contributed by atoms with Crippen LogP contribution in [0.4, 0.5) is 23.8 Å². The molecule has 2 N–H and O–H groups in total. The van der Waals surface area contributed by atoms with Crippen molar-refractivity contribution in [3.05, 3.63) is 95.8 Å². The lowest BCUT2D eigenvalue weighted by atomic mass is 10.0. The molecule has 0 saturated carbocycles. The standard InChI is InChI=1S/C29H25F3N6O3/c1-36(28(40)41)13-10-18-11-15-38-24(16-18)33-25(19-6-4-3-5-7-19)26(38)34-27(39)20-8-9-22(29(30,31)32)21(17-20)23-12-14-37(2)35-23/h3-9,11-12,14-17H,10,13H2,1-2H3,(H,34,39)(H,40,41). The van der Waals surface area contributed by atoms with Gasteiger partial charge in [0.25, 0.3) is 5.91 Å². The Morgan fingerprint density at radius 3 is 2.44 bits per heavy atom. The zero-order valence-electron chi connectivity index (χ0n) is 22.1. The second-order valence-corrected chi connectivity index (χ2v) is 9.48. The van der Waals surface area contributed by atoms with Gasteiger partial charge in [0.2, 0.25) is 0 Å². The van der Waals surface area contributed by atoms with Gasteiger partial charge in [-0.2, -0.15) is 18.3 Å². The molecule has 0 spiro atoms. The lowest BCUT2D eigenvalue weighted by molar-refractivity contribution is -0.137. The summed E-state index contributed by atoms with van der Waals surface area (Å²) in [7, 11) is 3.08. The number of halogens is 3. The summed E-state index contributed by atoms with van der Waals surface area (Å²) in [5, 5.41) is 16.1. The van der Waals surface area contributed by atoms with Crippen LogP contribution >= 0.6 is 0 Å². The first-order valence-electron chi connectivity index (χ1n) is 12.5. The number of hydrogen-bond donors (Lipinski definition) is 2. The van der Waals surface area contributed by atoms with Crippen molar-refractivity contribution in [2.75, 3.05) is 18.9 Å². The number of pyridine rings is 1. The fraction of sp³-hybridized carbons (Fsp3) is 0.172. The van der Waals surface area contributed by atoms with Gasteiger partial charge in [0, 0.05) is 49.7 Å². The molecule has 0 aliphatic carbocycles. The van der Waals surface area contributed by atoms with Crippen molar-refractivity contribution in [2.45, 2.75) is 12.6 Å². The minimum Gasteiger partial charge on any atom is -0.465 e. The van der Waals surface area contributed by atoms with Crippen molar-refractivity contribution in [2.24, 2.45) is 7.05 Å². The van der Waals surface area contributed by atoms with Crippen molar-refractivity contribution < 1.29 is 27.9 Å². The van der Waals surface area contributed by atoms with Crippen molar-refractivity contribution in [3.63, 3.8) is 0 Å². The molecule has 5 rings (SSSR count). The molecular formula is C29H25F3N6O3. The van der Waals surface area contributed by atoms with E-state index >= 15 is 0 Å². The number of anilines is 1. The van der Waals surface area contributed by atoms with Gasteiger partial charge < -0.3 is 15.3 Å². The fourth-order valence-corrected chi connectivity index (χ4v) is 4.43. The molecule has 12 heteroatoms. The molecule has 0 saturated heterocycles. The van der Waals surface area contributed by atoms with Gasteiger partial charge in [-0.05, 0) is 48.4 Å². The smallest absolute Gasteiger partial charge is 0.417 e. The van der Waals surface area contributed by atoms with Crippen molar-refractivity contribution in [1.29, 1.82) is 0 Å². The highest BCUT2D eigenvalue weighted by Gasteiger charge is 2.34. The average molecular weight is 563 g/mol. The highest BCUT2D eigenvalue weighted by atomic mass is 19.4. The molecule has 0 aliphatic rings. The first-order valence-corrected chi connectivity index (χ1v) is 12.5. The van der Waals surface area contributed by atoms with Crippen LogP contribution in [0, 0.1) is 0 Å². The maximum Gasteiger partial charge on any atom is 0.417 e. The molecule has 0 radical (unpaired) electrons. The SMILES string of the molecule is CN(CCc1ccn2c(NC(=O)c3ccc(C(F)(F)F)c(-c4ccn(C)n4)c3)c(-c3ccccc3)nc2c1)C(=O)O. The van der Waals surface area contributed by atoms with Gasteiger partial charge >= 0.3 is 12.3 Å². The second kappa shape index (κ2) is 10.8. The van der Waals surface area contributed by atoms with Crippen LogP contribution in [-0.4, -0.2) is 54.8 Å². The Kier molecular flexibility index (Phi) is 7.22. The van der Waals surface area contributed by atoms with Crippen molar-refractivity contribution in [1.82, 2.24) is 24.1 Å². The summed E-state index contributed by atoms with van der Waals surface area (Å²) in [5.41, 5.74) is 1.55. The highest BCUT2D eigenvalue weighted by molar-refractivity contribution is 6.06. The molecule has 210 valence electrons. The minimum atomic E-state index is -4.64. The molecule has 0 fully saturated rings. The van der Waals surface area contributed by atoms with Crippen LogP contribution in [0.25, 0.3) is 28.2 Å². The number of carbonyl (C=O) groups is 2. The molecule has 3 heterocycles. The van der Waals surface area contributed by atoms with Gasteiger partial charge in [-0.1, -0.05) is 30.3 Å². The zero-order valence-corrected chi connectivity index (χ0v) is 22.1. The third-order valence-electron chi connectivity index (χ3n) is 6.61.